The first kappa shape index (κ1) is 15.4. The fourth-order valence-electron chi connectivity index (χ4n) is 4.73. The second kappa shape index (κ2) is 5.68. The first-order valence-electron chi connectivity index (χ1n) is 9.66. The molecule has 0 saturated heterocycles. The molecular weight excluding hydrogens is 336 g/mol. The normalized spacial score (nSPS) is 12.6. The Kier molecular flexibility index (Phi) is 3.13. The molecule has 6 aromatic rings. The lowest BCUT2D eigenvalue weighted by atomic mass is 9.89. The van der Waals surface area contributed by atoms with Crippen LogP contribution in [0, 0.1) is 0 Å². The summed E-state index contributed by atoms with van der Waals surface area (Å²) in [5, 5.41) is 14.3. The highest BCUT2D eigenvalue weighted by molar-refractivity contribution is 6.28. The molecule has 0 radical (unpaired) electrons. The molecule has 0 saturated carbocycles. The van der Waals surface area contributed by atoms with Crippen molar-refractivity contribution < 1.29 is 0 Å². The number of allylic oxidation sites excluding steroid dienone is 1. The van der Waals surface area contributed by atoms with E-state index in [2.05, 4.69) is 97.6 Å². The summed E-state index contributed by atoms with van der Waals surface area (Å²) in [5.74, 6) is 0. The number of hydrogen-bond acceptors (Lipinski definition) is 0. The number of rotatable bonds is 1. The summed E-state index contributed by atoms with van der Waals surface area (Å²) in [7, 11) is 0. The number of hydrogen-bond donors (Lipinski definition) is 0. The maximum atomic E-state index is 4.00. The van der Waals surface area contributed by atoms with Crippen LogP contribution >= 0.6 is 0 Å². The van der Waals surface area contributed by atoms with Gasteiger partial charge in [-0.1, -0.05) is 85.5 Å². The smallest absolute Gasteiger partial charge is 0.00199 e. The average molecular weight is 354 g/mol. The van der Waals surface area contributed by atoms with Gasteiger partial charge in [-0.3, -0.25) is 0 Å². The molecule has 0 amide bonds. The Morgan fingerprint density at radius 3 is 1.82 bits per heavy atom. The van der Waals surface area contributed by atoms with Gasteiger partial charge in [0.2, 0.25) is 0 Å². The van der Waals surface area contributed by atoms with E-state index in [1.165, 1.54) is 59.1 Å². The third-order valence-corrected chi connectivity index (χ3v) is 5.93. The molecule has 0 aromatic heterocycles. The van der Waals surface area contributed by atoms with Crippen LogP contribution in [0.25, 0.3) is 59.9 Å². The second-order valence-electron chi connectivity index (χ2n) is 7.43. The third kappa shape index (κ3) is 2.00. The predicted octanol–water partition coefficient (Wildman–Crippen LogP) is 7.14. The molecule has 0 nitrogen and oxygen atoms in total. The van der Waals surface area contributed by atoms with Crippen molar-refractivity contribution in [2.24, 2.45) is 0 Å². The first-order chi connectivity index (χ1) is 13.8. The molecule has 6 rings (SSSR count). The van der Waals surface area contributed by atoms with Gasteiger partial charge in [0, 0.05) is 0 Å². The van der Waals surface area contributed by atoms with Crippen molar-refractivity contribution in [3.05, 3.63) is 103 Å². The van der Waals surface area contributed by atoms with Gasteiger partial charge < -0.3 is 0 Å². The zero-order valence-electron chi connectivity index (χ0n) is 15.4. The van der Waals surface area contributed by atoms with Crippen LogP contribution in [0.1, 0.15) is 0 Å². The second-order valence-corrected chi connectivity index (χ2v) is 7.43. The van der Waals surface area contributed by atoms with E-state index < -0.39 is 0 Å². The zero-order valence-corrected chi connectivity index (χ0v) is 15.4. The van der Waals surface area contributed by atoms with Gasteiger partial charge in [-0.15, -0.1) is 0 Å². The predicted molar refractivity (Wildman–Crippen MR) is 124 cm³/mol. The van der Waals surface area contributed by atoms with Crippen LogP contribution in [-0.4, -0.2) is 0 Å². The standard InChI is InChI=1S/C28H18/c1-2-8-22-25-15-18-9-3-4-10-19(18)16-26(25)24-14-7-13-23-21-12-6-5-11-20(21)17-27(22)28(23)24/h2-17H,1H2/b22-8+. The van der Waals surface area contributed by atoms with Crippen molar-refractivity contribution in [2.75, 3.05) is 0 Å². The lowest BCUT2D eigenvalue weighted by molar-refractivity contribution is 1.75. The van der Waals surface area contributed by atoms with E-state index in [1.807, 2.05) is 6.08 Å². The van der Waals surface area contributed by atoms with Crippen molar-refractivity contribution in [1.29, 1.82) is 0 Å². The van der Waals surface area contributed by atoms with Crippen LogP contribution in [-0.2, 0) is 0 Å². The van der Waals surface area contributed by atoms with Gasteiger partial charge in [0.25, 0.3) is 0 Å². The van der Waals surface area contributed by atoms with Gasteiger partial charge in [0.1, 0.15) is 0 Å². The Morgan fingerprint density at radius 2 is 1.07 bits per heavy atom. The lowest BCUT2D eigenvalue weighted by Crippen LogP contribution is -2.05. The minimum absolute atomic E-state index is 1.25. The molecule has 130 valence electrons. The van der Waals surface area contributed by atoms with Crippen LogP contribution in [0.4, 0.5) is 0 Å². The molecule has 0 spiro atoms. The number of fused-ring (bicyclic) bond motifs is 5. The van der Waals surface area contributed by atoms with Crippen molar-refractivity contribution in [2.45, 2.75) is 0 Å². The Morgan fingerprint density at radius 1 is 0.500 bits per heavy atom. The minimum atomic E-state index is 1.25. The highest BCUT2D eigenvalue weighted by Gasteiger charge is 2.12. The summed E-state index contributed by atoms with van der Waals surface area (Å²) >= 11 is 0. The van der Waals surface area contributed by atoms with E-state index in [9.17, 15) is 0 Å². The largest absolute Gasteiger partial charge is 0.0990 e. The molecule has 0 aliphatic carbocycles. The Labute approximate surface area is 163 Å². The highest BCUT2D eigenvalue weighted by atomic mass is 14.2. The molecular formula is C28H18. The molecule has 0 aliphatic rings. The Hall–Kier alpha value is -3.64. The summed E-state index contributed by atoms with van der Waals surface area (Å²) in [5.41, 5.74) is 0. The molecule has 0 bridgehead atoms. The van der Waals surface area contributed by atoms with Gasteiger partial charge in [-0.25, -0.2) is 0 Å². The molecule has 0 heteroatoms. The SMILES string of the molecule is C=C/C=c1\c2cc3ccccc3cc2c2cccc3c4ccccc4cc1c32. The fourth-order valence-corrected chi connectivity index (χ4v) is 4.73. The van der Waals surface area contributed by atoms with Gasteiger partial charge >= 0.3 is 0 Å². The van der Waals surface area contributed by atoms with Crippen LogP contribution in [0.5, 0.6) is 0 Å². The topological polar surface area (TPSA) is 0 Å². The van der Waals surface area contributed by atoms with E-state index in [0.29, 0.717) is 0 Å². The minimum Gasteiger partial charge on any atom is -0.0990 e. The first-order valence-corrected chi connectivity index (χ1v) is 9.66. The van der Waals surface area contributed by atoms with Crippen LogP contribution < -0.4 is 5.22 Å². The highest BCUT2D eigenvalue weighted by Crippen LogP contribution is 2.36. The molecule has 0 N–H and O–H groups in total. The fraction of sp³-hybridized carbons (Fsp3) is 0. The summed E-state index contributed by atoms with van der Waals surface area (Å²) < 4.78 is 0. The van der Waals surface area contributed by atoms with Gasteiger partial charge in [0.15, 0.2) is 0 Å². The van der Waals surface area contributed by atoms with Crippen molar-refractivity contribution in [3.63, 3.8) is 0 Å². The van der Waals surface area contributed by atoms with Crippen molar-refractivity contribution in [1.82, 2.24) is 0 Å². The molecule has 0 unspecified atom stereocenters. The number of benzene rings is 6. The summed E-state index contributed by atoms with van der Waals surface area (Å²) in [6, 6.07) is 31.0. The molecule has 28 heavy (non-hydrogen) atoms. The average Bonchev–Trinajstić information content (AvgIpc) is 2.75. The molecule has 0 heterocycles. The van der Waals surface area contributed by atoms with E-state index in [0.717, 1.165) is 0 Å². The quantitative estimate of drug-likeness (QED) is 0.217. The molecule has 0 aliphatic heterocycles. The van der Waals surface area contributed by atoms with E-state index in [4.69, 9.17) is 0 Å². The van der Waals surface area contributed by atoms with E-state index >= 15 is 0 Å². The maximum absolute atomic E-state index is 4.00. The van der Waals surface area contributed by atoms with Crippen molar-refractivity contribution in [3.8, 4) is 0 Å². The summed E-state index contributed by atoms with van der Waals surface area (Å²) in [6.07, 6.45) is 4.07. The van der Waals surface area contributed by atoms with Crippen LogP contribution in [0.15, 0.2) is 97.6 Å². The Bertz CT molecular complexity index is 1620. The van der Waals surface area contributed by atoms with Gasteiger partial charge in [-0.2, -0.15) is 0 Å². The third-order valence-electron chi connectivity index (χ3n) is 5.93. The summed E-state index contributed by atoms with van der Waals surface area (Å²) in [6.45, 7) is 4.00. The maximum Gasteiger partial charge on any atom is -0.00199 e. The monoisotopic (exact) mass is 354 g/mol. The van der Waals surface area contributed by atoms with E-state index in [-0.39, 0.29) is 0 Å². The van der Waals surface area contributed by atoms with E-state index in [1.54, 1.807) is 0 Å². The summed E-state index contributed by atoms with van der Waals surface area (Å²) in [4.78, 5) is 0. The van der Waals surface area contributed by atoms with Crippen LogP contribution in [0.2, 0.25) is 0 Å². The Balaban J connectivity index is 2.02. The molecule has 0 atom stereocenters. The molecule has 0 fully saturated rings. The van der Waals surface area contributed by atoms with Gasteiger partial charge in [0.05, 0.1) is 0 Å². The zero-order chi connectivity index (χ0) is 18.7. The molecule has 6 aromatic carbocycles. The van der Waals surface area contributed by atoms with Gasteiger partial charge in [-0.05, 0) is 77.3 Å². The lowest BCUT2D eigenvalue weighted by Gasteiger charge is -2.14. The van der Waals surface area contributed by atoms with Crippen LogP contribution in [0.3, 0.4) is 0 Å². The van der Waals surface area contributed by atoms with Crippen molar-refractivity contribution >= 4 is 59.9 Å².